The molecule has 26 heavy (non-hydrogen) atoms. The summed E-state index contributed by atoms with van der Waals surface area (Å²) in [6.07, 6.45) is 2.60. The summed E-state index contributed by atoms with van der Waals surface area (Å²) in [5.74, 6) is 1.87. The Morgan fingerprint density at radius 1 is 0.885 bits per heavy atom. The van der Waals surface area contributed by atoms with Crippen molar-refractivity contribution in [2.75, 3.05) is 13.7 Å². The zero-order chi connectivity index (χ0) is 19.3. The molecule has 0 atom stereocenters. The first-order valence-electron chi connectivity index (χ1n) is 9.24. The molecule has 0 saturated carbocycles. The number of rotatable bonds is 8. The van der Waals surface area contributed by atoms with Crippen molar-refractivity contribution in [2.24, 2.45) is 0 Å². The lowest BCUT2D eigenvalue weighted by molar-refractivity contribution is -0.118. The van der Waals surface area contributed by atoms with E-state index in [-0.39, 0.29) is 12.4 Å². The molecule has 0 aliphatic rings. The summed E-state index contributed by atoms with van der Waals surface area (Å²) in [5, 5.41) is 0. The van der Waals surface area contributed by atoms with E-state index in [0.29, 0.717) is 0 Å². The van der Waals surface area contributed by atoms with Gasteiger partial charge in [0.05, 0.1) is 7.11 Å². The first kappa shape index (κ1) is 20.0. The van der Waals surface area contributed by atoms with E-state index in [1.165, 1.54) is 16.7 Å². The van der Waals surface area contributed by atoms with Crippen molar-refractivity contribution in [3.05, 3.63) is 57.6 Å². The van der Waals surface area contributed by atoms with Crippen LogP contribution in [0.25, 0.3) is 0 Å². The van der Waals surface area contributed by atoms with Crippen molar-refractivity contribution in [1.82, 2.24) is 0 Å². The Morgan fingerprint density at radius 3 is 1.96 bits per heavy atom. The zero-order valence-corrected chi connectivity index (χ0v) is 16.9. The SMILES string of the molecule is CCc1cc(C)cc(CCc2cc(C)cc(C)c2OC)c1OCC(C)=O. The lowest BCUT2D eigenvalue weighted by atomic mass is 9.95. The van der Waals surface area contributed by atoms with Crippen LogP contribution in [0.5, 0.6) is 11.5 Å². The highest BCUT2D eigenvalue weighted by Crippen LogP contribution is 2.31. The van der Waals surface area contributed by atoms with Gasteiger partial charge in [-0.25, -0.2) is 0 Å². The molecule has 0 heterocycles. The van der Waals surface area contributed by atoms with E-state index in [9.17, 15) is 4.79 Å². The van der Waals surface area contributed by atoms with Gasteiger partial charge < -0.3 is 9.47 Å². The van der Waals surface area contributed by atoms with Crippen LogP contribution in [0.2, 0.25) is 0 Å². The minimum absolute atomic E-state index is 0.0366. The Bertz CT molecular complexity index is 791. The average Bonchev–Trinajstić information content (AvgIpc) is 2.57. The molecule has 2 rings (SSSR count). The number of ketones is 1. The van der Waals surface area contributed by atoms with Crippen LogP contribution in [0.1, 0.15) is 47.2 Å². The van der Waals surface area contributed by atoms with Crippen molar-refractivity contribution in [1.29, 1.82) is 0 Å². The third-order valence-corrected chi connectivity index (χ3v) is 4.55. The Hall–Kier alpha value is -2.29. The largest absolute Gasteiger partial charge is 0.496 e. The second kappa shape index (κ2) is 8.88. The fourth-order valence-electron chi connectivity index (χ4n) is 3.53. The Kier molecular flexibility index (Phi) is 6.84. The van der Waals surface area contributed by atoms with Crippen LogP contribution in [0, 0.1) is 20.8 Å². The summed E-state index contributed by atoms with van der Waals surface area (Å²) >= 11 is 0. The Balaban J connectivity index is 2.34. The zero-order valence-electron chi connectivity index (χ0n) is 16.9. The van der Waals surface area contributed by atoms with Crippen molar-refractivity contribution in [3.8, 4) is 11.5 Å². The minimum Gasteiger partial charge on any atom is -0.496 e. The van der Waals surface area contributed by atoms with Gasteiger partial charge in [-0.3, -0.25) is 4.79 Å². The maximum atomic E-state index is 11.4. The van der Waals surface area contributed by atoms with Gasteiger partial charge in [0.2, 0.25) is 0 Å². The van der Waals surface area contributed by atoms with Gasteiger partial charge in [0.25, 0.3) is 0 Å². The van der Waals surface area contributed by atoms with Gasteiger partial charge in [-0.15, -0.1) is 0 Å². The molecule has 0 bridgehead atoms. The molecule has 0 amide bonds. The van der Waals surface area contributed by atoms with E-state index in [4.69, 9.17) is 9.47 Å². The van der Waals surface area contributed by atoms with Crippen molar-refractivity contribution in [2.45, 2.75) is 53.9 Å². The summed E-state index contributed by atoms with van der Waals surface area (Å²) < 4.78 is 11.5. The number of Topliss-reactive ketones (excluding diaryl/α,β-unsaturated/α-hetero) is 1. The van der Waals surface area contributed by atoms with E-state index < -0.39 is 0 Å². The smallest absolute Gasteiger partial charge is 0.167 e. The molecule has 2 aromatic carbocycles. The molecule has 0 unspecified atom stereocenters. The Labute approximate surface area is 157 Å². The Morgan fingerprint density at radius 2 is 1.42 bits per heavy atom. The number of ether oxygens (including phenoxy) is 2. The molecule has 0 saturated heterocycles. The highest BCUT2D eigenvalue weighted by Gasteiger charge is 2.14. The molecular formula is C23H30O3. The van der Waals surface area contributed by atoms with Gasteiger partial charge in [0, 0.05) is 0 Å². The summed E-state index contributed by atoms with van der Waals surface area (Å²) in [6, 6.07) is 8.66. The van der Waals surface area contributed by atoms with E-state index in [1.807, 2.05) is 0 Å². The second-order valence-electron chi connectivity index (χ2n) is 7.03. The summed E-state index contributed by atoms with van der Waals surface area (Å²) in [4.78, 5) is 11.4. The monoisotopic (exact) mass is 354 g/mol. The number of carbonyl (C=O) groups excluding carboxylic acids is 1. The molecule has 0 N–H and O–H groups in total. The lowest BCUT2D eigenvalue weighted by Crippen LogP contribution is -2.10. The number of hydrogen-bond acceptors (Lipinski definition) is 3. The fraction of sp³-hybridized carbons (Fsp3) is 0.435. The maximum Gasteiger partial charge on any atom is 0.167 e. The first-order valence-corrected chi connectivity index (χ1v) is 9.24. The van der Waals surface area contributed by atoms with Crippen LogP contribution in [-0.4, -0.2) is 19.5 Å². The number of methoxy groups -OCH3 is 1. The molecule has 0 radical (unpaired) electrons. The lowest BCUT2D eigenvalue weighted by Gasteiger charge is -2.17. The molecule has 3 heteroatoms. The summed E-state index contributed by atoms with van der Waals surface area (Å²) in [5.41, 5.74) is 7.15. The van der Waals surface area contributed by atoms with Gasteiger partial charge in [-0.05, 0) is 69.2 Å². The van der Waals surface area contributed by atoms with Crippen LogP contribution in [0.3, 0.4) is 0 Å². The van der Waals surface area contributed by atoms with Crippen molar-refractivity contribution in [3.63, 3.8) is 0 Å². The van der Waals surface area contributed by atoms with Gasteiger partial charge in [0.15, 0.2) is 5.78 Å². The highest BCUT2D eigenvalue weighted by molar-refractivity contribution is 5.77. The molecule has 0 aromatic heterocycles. The van der Waals surface area contributed by atoms with Crippen molar-refractivity contribution >= 4 is 5.78 Å². The van der Waals surface area contributed by atoms with Gasteiger partial charge in [-0.2, -0.15) is 0 Å². The van der Waals surface area contributed by atoms with Crippen LogP contribution in [-0.2, 0) is 24.1 Å². The number of benzene rings is 2. The molecule has 2 aromatic rings. The van der Waals surface area contributed by atoms with Gasteiger partial charge in [-0.1, -0.05) is 42.3 Å². The topological polar surface area (TPSA) is 35.5 Å². The van der Waals surface area contributed by atoms with Crippen LogP contribution >= 0.6 is 0 Å². The molecule has 3 nitrogen and oxygen atoms in total. The van der Waals surface area contributed by atoms with Gasteiger partial charge >= 0.3 is 0 Å². The van der Waals surface area contributed by atoms with E-state index >= 15 is 0 Å². The standard InChI is InChI=1S/C23H30O3/c1-7-19-11-16(3)13-21(23(19)26-14-18(5)24)9-8-20-12-15(2)10-17(4)22(20)25-6/h10-13H,7-9,14H2,1-6H3. The van der Waals surface area contributed by atoms with Crippen LogP contribution < -0.4 is 9.47 Å². The quantitative estimate of drug-likeness (QED) is 0.674. The minimum atomic E-state index is 0.0366. The third-order valence-electron chi connectivity index (χ3n) is 4.55. The molecule has 0 fully saturated rings. The second-order valence-corrected chi connectivity index (χ2v) is 7.03. The third kappa shape index (κ3) is 4.87. The summed E-state index contributed by atoms with van der Waals surface area (Å²) in [7, 11) is 1.73. The number of hydrogen-bond donors (Lipinski definition) is 0. The van der Waals surface area contributed by atoms with E-state index in [1.54, 1.807) is 14.0 Å². The van der Waals surface area contributed by atoms with Gasteiger partial charge in [0.1, 0.15) is 18.1 Å². The molecule has 0 aliphatic heterocycles. The van der Waals surface area contributed by atoms with Crippen LogP contribution in [0.15, 0.2) is 24.3 Å². The molecule has 0 aliphatic carbocycles. The predicted octanol–water partition coefficient (Wildman–Crippen LogP) is 4.94. The fourth-order valence-corrected chi connectivity index (χ4v) is 3.53. The van der Waals surface area contributed by atoms with E-state index in [2.05, 4.69) is 52.0 Å². The summed E-state index contributed by atoms with van der Waals surface area (Å²) in [6.45, 7) is 10.1. The maximum absolute atomic E-state index is 11.4. The number of aryl methyl sites for hydroxylation is 6. The normalized spacial score (nSPS) is 10.7. The molecular weight excluding hydrogens is 324 g/mol. The van der Waals surface area contributed by atoms with Crippen molar-refractivity contribution < 1.29 is 14.3 Å². The number of carbonyl (C=O) groups is 1. The first-order chi connectivity index (χ1) is 12.3. The predicted molar refractivity (Wildman–Crippen MR) is 107 cm³/mol. The van der Waals surface area contributed by atoms with E-state index in [0.717, 1.165) is 47.5 Å². The molecule has 0 spiro atoms. The highest BCUT2D eigenvalue weighted by atomic mass is 16.5. The molecule has 140 valence electrons. The van der Waals surface area contributed by atoms with Crippen LogP contribution in [0.4, 0.5) is 0 Å². The average molecular weight is 354 g/mol.